The zero-order valence-corrected chi connectivity index (χ0v) is 38.3. The Bertz CT molecular complexity index is 1800. The van der Waals surface area contributed by atoms with Crippen molar-refractivity contribution in [2.75, 3.05) is 20.6 Å². The molecule has 344 valence electrons. The number of rotatable bonds is 24. The van der Waals surface area contributed by atoms with Gasteiger partial charge in [0.15, 0.2) is 11.6 Å². The fourth-order valence-electron chi connectivity index (χ4n) is 8.25. The third-order valence-electron chi connectivity index (χ3n) is 12.2. The Labute approximate surface area is 370 Å². The van der Waals surface area contributed by atoms with Crippen molar-refractivity contribution >= 4 is 35.2 Å². The molecule has 1 aliphatic heterocycles. The molecule has 13 nitrogen and oxygen atoms in total. The number of nitrogens with one attached hydrogen (secondary N) is 2. The molecule has 5 atom stereocenters. The van der Waals surface area contributed by atoms with Gasteiger partial charge in [0.1, 0.15) is 23.6 Å². The number of carbonyl (C=O) groups excluding carboxylic acids is 6. The standard InChI is InChI=1S/C49H75N5O8/c1-7-8-9-10-11-12-13-14-15-16-17-18-19-20-45(59)53(5)40(27-28-50)49(62)52-35(4)41(55)25-26-46(60)54(6)47-37-22-24-43(57)39(32-37)38-31-36(21-23-42(38)56)30-34(3)51-48(61)33(2)29-44(47)58/h21-24,31-35,40,47,56-57H,7-20,25-30,50H2,1-6H3,(H,51,61)(H,52,62)/t33-,34-,35-,40-,47+/m1/s1. The summed E-state index contributed by atoms with van der Waals surface area (Å²) in [7, 11) is 3.03. The van der Waals surface area contributed by atoms with Crippen molar-refractivity contribution in [3.63, 3.8) is 0 Å². The second kappa shape index (κ2) is 26.6. The lowest BCUT2D eigenvalue weighted by atomic mass is 9.90. The van der Waals surface area contributed by atoms with Gasteiger partial charge < -0.3 is 36.4 Å². The van der Waals surface area contributed by atoms with E-state index in [0.29, 0.717) is 24.0 Å². The van der Waals surface area contributed by atoms with E-state index < -0.39 is 47.4 Å². The van der Waals surface area contributed by atoms with Crippen LogP contribution in [0.2, 0.25) is 0 Å². The second-order valence-corrected chi connectivity index (χ2v) is 17.5. The monoisotopic (exact) mass is 862 g/mol. The molecule has 4 bridgehead atoms. The summed E-state index contributed by atoms with van der Waals surface area (Å²) >= 11 is 0. The Morgan fingerprint density at radius 1 is 0.774 bits per heavy atom. The molecule has 0 aliphatic carbocycles. The predicted octanol–water partition coefficient (Wildman–Crippen LogP) is 7.43. The van der Waals surface area contributed by atoms with E-state index in [4.69, 9.17) is 5.73 Å². The number of ketones is 2. The average Bonchev–Trinajstić information content (AvgIpc) is 3.23. The van der Waals surface area contributed by atoms with Crippen molar-refractivity contribution in [1.82, 2.24) is 20.4 Å². The molecule has 6 N–H and O–H groups in total. The third-order valence-corrected chi connectivity index (χ3v) is 12.2. The zero-order chi connectivity index (χ0) is 45.8. The molecule has 3 rings (SSSR count). The SMILES string of the molecule is CCCCCCCCCCCCCCCC(=O)N(C)[C@H](CCN)C(=O)N[C@H](C)C(=O)CCC(=O)N(C)[C@@H]1C(=O)C[C@@H](C)C(=O)N[C@H](C)Cc2ccc(O)c(c2)-c2cc1ccc2O. The highest BCUT2D eigenvalue weighted by Gasteiger charge is 2.33. The Morgan fingerprint density at radius 3 is 1.94 bits per heavy atom. The van der Waals surface area contributed by atoms with Crippen LogP contribution in [0.3, 0.4) is 0 Å². The van der Waals surface area contributed by atoms with Crippen LogP contribution in [0.4, 0.5) is 0 Å². The number of Topliss-reactive ketones (excluding diaryl/α,β-unsaturated/α-hetero) is 2. The van der Waals surface area contributed by atoms with Gasteiger partial charge in [-0.05, 0) is 75.0 Å². The molecule has 0 radical (unpaired) electrons. The highest BCUT2D eigenvalue weighted by Crippen LogP contribution is 2.39. The smallest absolute Gasteiger partial charge is 0.243 e. The summed E-state index contributed by atoms with van der Waals surface area (Å²) in [5.41, 5.74) is 7.59. The van der Waals surface area contributed by atoms with Crippen molar-refractivity contribution in [2.45, 2.75) is 174 Å². The van der Waals surface area contributed by atoms with Gasteiger partial charge >= 0.3 is 0 Å². The molecule has 1 heterocycles. The van der Waals surface area contributed by atoms with Gasteiger partial charge in [-0.15, -0.1) is 0 Å². The van der Waals surface area contributed by atoms with E-state index in [0.717, 1.165) is 31.2 Å². The Kier molecular flexibility index (Phi) is 22.2. The number of phenols is 2. The molecule has 0 unspecified atom stereocenters. The zero-order valence-electron chi connectivity index (χ0n) is 38.3. The summed E-state index contributed by atoms with van der Waals surface area (Å²) in [6, 6.07) is 6.15. The molecular formula is C49H75N5O8. The maximum absolute atomic E-state index is 14.0. The molecule has 0 aromatic heterocycles. The summed E-state index contributed by atoms with van der Waals surface area (Å²) in [5.74, 6) is -3.28. The van der Waals surface area contributed by atoms with E-state index in [2.05, 4.69) is 17.6 Å². The summed E-state index contributed by atoms with van der Waals surface area (Å²) in [6.07, 6.45) is 15.9. The molecule has 0 saturated heterocycles. The van der Waals surface area contributed by atoms with Gasteiger partial charge in [0, 0.05) is 62.9 Å². The lowest BCUT2D eigenvalue weighted by molar-refractivity contribution is -0.141. The Morgan fingerprint density at radius 2 is 1.34 bits per heavy atom. The first-order chi connectivity index (χ1) is 29.6. The normalized spacial score (nSPS) is 17.6. The number of aromatic hydroxyl groups is 2. The highest BCUT2D eigenvalue weighted by atomic mass is 16.3. The van der Waals surface area contributed by atoms with Crippen LogP contribution in [0.1, 0.15) is 160 Å². The molecule has 0 saturated carbocycles. The number of hydrogen-bond acceptors (Lipinski definition) is 9. The minimum absolute atomic E-state index is 0.0942. The summed E-state index contributed by atoms with van der Waals surface area (Å²) in [4.78, 5) is 83.5. The molecule has 4 amide bonds. The number of amides is 4. The van der Waals surface area contributed by atoms with Crippen molar-refractivity contribution in [3.8, 4) is 22.6 Å². The maximum atomic E-state index is 14.0. The molecule has 0 fully saturated rings. The summed E-state index contributed by atoms with van der Waals surface area (Å²) in [5, 5.41) is 27.4. The molecule has 62 heavy (non-hydrogen) atoms. The topological polar surface area (TPSA) is 199 Å². The van der Waals surface area contributed by atoms with Crippen LogP contribution in [0.25, 0.3) is 11.1 Å². The number of fused-ring (bicyclic) bond motifs is 5. The van der Waals surface area contributed by atoms with Gasteiger partial charge in [-0.25, -0.2) is 0 Å². The van der Waals surface area contributed by atoms with Gasteiger partial charge in [-0.1, -0.05) is 103 Å². The molecular weight excluding hydrogens is 787 g/mol. The lowest BCUT2D eigenvalue weighted by Gasteiger charge is -2.30. The van der Waals surface area contributed by atoms with Crippen LogP contribution in [-0.2, 0) is 35.2 Å². The van der Waals surface area contributed by atoms with Crippen LogP contribution < -0.4 is 16.4 Å². The van der Waals surface area contributed by atoms with E-state index in [-0.39, 0.29) is 67.1 Å². The second-order valence-electron chi connectivity index (χ2n) is 17.5. The minimum Gasteiger partial charge on any atom is -0.507 e. The molecule has 13 heteroatoms. The fourth-order valence-corrected chi connectivity index (χ4v) is 8.25. The number of hydrogen-bond donors (Lipinski definition) is 5. The van der Waals surface area contributed by atoms with E-state index in [1.54, 1.807) is 32.2 Å². The van der Waals surface area contributed by atoms with Gasteiger partial charge in [0.2, 0.25) is 23.6 Å². The average molecular weight is 862 g/mol. The molecule has 1 aliphatic rings. The number of nitrogens with zero attached hydrogens (tertiary/aromatic N) is 2. The van der Waals surface area contributed by atoms with Crippen molar-refractivity contribution in [1.29, 1.82) is 0 Å². The van der Waals surface area contributed by atoms with Crippen LogP contribution in [0.15, 0.2) is 36.4 Å². The third kappa shape index (κ3) is 16.2. The van der Waals surface area contributed by atoms with Gasteiger partial charge in [-0.2, -0.15) is 0 Å². The Balaban J connectivity index is 1.59. The van der Waals surface area contributed by atoms with Crippen LogP contribution >= 0.6 is 0 Å². The summed E-state index contributed by atoms with van der Waals surface area (Å²) < 4.78 is 0. The van der Waals surface area contributed by atoms with Gasteiger partial charge in [-0.3, -0.25) is 28.8 Å². The van der Waals surface area contributed by atoms with Crippen molar-refractivity contribution in [2.24, 2.45) is 11.7 Å². The Hall–Kier alpha value is -4.78. The molecule has 2 aromatic carbocycles. The van der Waals surface area contributed by atoms with Gasteiger partial charge in [0.05, 0.1) is 6.04 Å². The minimum atomic E-state index is -1.18. The van der Waals surface area contributed by atoms with E-state index in [1.165, 1.54) is 99.8 Å². The van der Waals surface area contributed by atoms with E-state index >= 15 is 0 Å². The fraction of sp³-hybridized carbons (Fsp3) is 0.633. The summed E-state index contributed by atoms with van der Waals surface area (Å²) in [6.45, 7) is 7.41. The maximum Gasteiger partial charge on any atom is 0.243 e. The highest BCUT2D eigenvalue weighted by molar-refractivity contribution is 5.96. The van der Waals surface area contributed by atoms with Crippen LogP contribution in [-0.4, -0.2) is 94.0 Å². The molecule has 2 aromatic rings. The van der Waals surface area contributed by atoms with Gasteiger partial charge in [0.25, 0.3) is 0 Å². The molecule has 0 spiro atoms. The number of likely N-dealkylation sites (N-methyl/N-ethyl adjacent to an activating group) is 2. The van der Waals surface area contributed by atoms with E-state index in [1.807, 2.05) is 6.92 Å². The number of benzene rings is 2. The largest absolute Gasteiger partial charge is 0.507 e. The number of phenolic OH excluding ortho intramolecular Hbond substituents is 2. The first-order valence-electron chi connectivity index (χ1n) is 23.1. The quantitative estimate of drug-likeness (QED) is 0.0666. The van der Waals surface area contributed by atoms with Crippen molar-refractivity contribution < 1.29 is 39.0 Å². The number of carbonyl (C=O) groups is 6. The van der Waals surface area contributed by atoms with E-state index in [9.17, 15) is 39.0 Å². The first-order valence-corrected chi connectivity index (χ1v) is 23.1. The first kappa shape index (κ1) is 51.6. The lowest BCUT2D eigenvalue weighted by Crippen LogP contribution is -2.52. The number of nitrogens with two attached hydrogens (primary N) is 1. The number of unbranched alkanes of at least 4 members (excludes halogenated alkanes) is 12. The van der Waals surface area contributed by atoms with Crippen molar-refractivity contribution in [3.05, 3.63) is 47.5 Å². The van der Waals surface area contributed by atoms with Crippen LogP contribution in [0.5, 0.6) is 11.5 Å². The van der Waals surface area contributed by atoms with Crippen LogP contribution in [0, 0.1) is 5.92 Å². The predicted molar refractivity (Wildman–Crippen MR) is 243 cm³/mol.